The summed E-state index contributed by atoms with van der Waals surface area (Å²) in [7, 11) is 0. The standard InChI is InChI=1S/C11H13N7O/c1-8-5-14-17(6-8)3-2-12-9-4-10-15-16-11(19)18(10)7-13-9/h4-7,12H,2-3H2,1H3,(H,16,19). The predicted octanol–water partition coefficient (Wildman–Crippen LogP) is 0.0346. The quantitative estimate of drug-likeness (QED) is 0.689. The lowest BCUT2D eigenvalue weighted by atomic mass is 10.4. The molecule has 0 aliphatic heterocycles. The monoisotopic (exact) mass is 259 g/mol. The smallest absolute Gasteiger partial charge is 0.348 e. The fraction of sp³-hybridized carbons (Fsp3) is 0.273. The highest BCUT2D eigenvalue weighted by molar-refractivity contribution is 5.48. The topological polar surface area (TPSA) is 92.9 Å². The second kappa shape index (κ2) is 4.56. The molecule has 3 aromatic rings. The first-order valence-corrected chi connectivity index (χ1v) is 5.88. The van der Waals surface area contributed by atoms with E-state index in [4.69, 9.17) is 0 Å². The van der Waals surface area contributed by atoms with Crippen LogP contribution in [0.2, 0.25) is 0 Å². The third-order valence-electron chi connectivity index (χ3n) is 2.72. The maximum Gasteiger partial charge on any atom is 0.348 e. The molecule has 0 saturated heterocycles. The van der Waals surface area contributed by atoms with Gasteiger partial charge < -0.3 is 5.32 Å². The van der Waals surface area contributed by atoms with Gasteiger partial charge in [-0.05, 0) is 12.5 Å². The third-order valence-corrected chi connectivity index (χ3v) is 2.72. The Morgan fingerprint density at radius 1 is 1.47 bits per heavy atom. The van der Waals surface area contributed by atoms with Gasteiger partial charge in [-0.3, -0.25) is 4.68 Å². The summed E-state index contributed by atoms with van der Waals surface area (Å²) >= 11 is 0. The zero-order chi connectivity index (χ0) is 13.2. The van der Waals surface area contributed by atoms with Crippen LogP contribution in [-0.4, -0.2) is 35.9 Å². The van der Waals surface area contributed by atoms with E-state index in [9.17, 15) is 4.79 Å². The third kappa shape index (κ3) is 2.32. The van der Waals surface area contributed by atoms with Gasteiger partial charge in [0.1, 0.15) is 12.1 Å². The molecular formula is C11H13N7O. The van der Waals surface area contributed by atoms with Crippen molar-refractivity contribution in [3.8, 4) is 0 Å². The minimum Gasteiger partial charge on any atom is -0.368 e. The molecule has 98 valence electrons. The highest BCUT2D eigenvalue weighted by atomic mass is 16.1. The Bertz CT molecular complexity index is 754. The summed E-state index contributed by atoms with van der Waals surface area (Å²) in [5, 5.41) is 13.6. The van der Waals surface area contributed by atoms with E-state index in [1.807, 2.05) is 24.0 Å². The number of aromatic nitrogens is 6. The Balaban J connectivity index is 1.66. The number of nitrogens with zero attached hydrogens (tertiary/aromatic N) is 5. The highest BCUT2D eigenvalue weighted by Gasteiger charge is 2.02. The zero-order valence-corrected chi connectivity index (χ0v) is 10.4. The average molecular weight is 259 g/mol. The largest absolute Gasteiger partial charge is 0.368 e. The fourth-order valence-electron chi connectivity index (χ4n) is 1.79. The van der Waals surface area contributed by atoms with E-state index >= 15 is 0 Å². The van der Waals surface area contributed by atoms with Crippen LogP contribution in [0.3, 0.4) is 0 Å². The summed E-state index contributed by atoms with van der Waals surface area (Å²) < 4.78 is 3.21. The number of hydrogen-bond acceptors (Lipinski definition) is 5. The van der Waals surface area contributed by atoms with Crippen LogP contribution in [0.25, 0.3) is 5.65 Å². The second-order valence-electron chi connectivity index (χ2n) is 4.24. The summed E-state index contributed by atoms with van der Waals surface area (Å²) in [6.45, 7) is 3.44. The van der Waals surface area contributed by atoms with Crippen molar-refractivity contribution in [2.75, 3.05) is 11.9 Å². The molecule has 0 aliphatic carbocycles. The Kier molecular flexibility index (Phi) is 2.75. The molecule has 0 aliphatic rings. The van der Waals surface area contributed by atoms with Crippen LogP contribution in [0.15, 0.2) is 29.6 Å². The number of hydrogen-bond donors (Lipinski definition) is 2. The molecule has 19 heavy (non-hydrogen) atoms. The van der Waals surface area contributed by atoms with Crippen LogP contribution >= 0.6 is 0 Å². The van der Waals surface area contributed by atoms with Crippen LogP contribution in [0, 0.1) is 6.92 Å². The maximum atomic E-state index is 11.3. The number of H-pyrrole nitrogens is 1. The van der Waals surface area contributed by atoms with Crippen LogP contribution in [0.4, 0.5) is 5.82 Å². The number of nitrogens with one attached hydrogen (secondary N) is 2. The first kappa shape index (κ1) is 11.5. The van der Waals surface area contributed by atoms with Gasteiger partial charge in [0.2, 0.25) is 0 Å². The predicted molar refractivity (Wildman–Crippen MR) is 69.1 cm³/mol. The van der Waals surface area contributed by atoms with Gasteiger partial charge in [0, 0.05) is 18.8 Å². The van der Waals surface area contributed by atoms with E-state index in [0.29, 0.717) is 18.0 Å². The molecule has 0 saturated carbocycles. The fourth-order valence-corrected chi connectivity index (χ4v) is 1.79. The summed E-state index contributed by atoms with van der Waals surface area (Å²) in [6, 6.07) is 1.71. The van der Waals surface area contributed by atoms with Crippen molar-refractivity contribution in [3.63, 3.8) is 0 Å². The molecule has 8 nitrogen and oxygen atoms in total. The van der Waals surface area contributed by atoms with Crippen molar-refractivity contribution in [2.24, 2.45) is 0 Å². The lowest BCUT2D eigenvalue weighted by Crippen LogP contribution is -2.13. The van der Waals surface area contributed by atoms with E-state index in [0.717, 1.165) is 12.1 Å². The first-order chi connectivity index (χ1) is 9.22. The summed E-state index contributed by atoms with van der Waals surface area (Å²) in [6.07, 6.45) is 5.24. The van der Waals surface area contributed by atoms with Crippen molar-refractivity contribution >= 4 is 11.5 Å². The molecule has 3 heterocycles. The summed E-state index contributed by atoms with van der Waals surface area (Å²) in [5.74, 6) is 0.676. The molecule has 0 spiro atoms. The van der Waals surface area contributed by atoms with Crippen LogP contribution in [0.1, 0.15) is 5.56 Å². The van der Waals surface area contributed by atoms with Crippen LogP contribution < -0.4 is 11.0 Å². The molecule has 8 heteroatoms. The number of aromatic amines is 1. The molecular weight excluding hydrogens is 246 g/mol. The molecule has 0 radical (unpaired) electrons. The van der Waals surface area contributed by atoms with Crippen molar-refractivity contribution < 1.29 is 0 Å². The van der Waals surface area contributed by atoms with Gasteiger partial charge in [0.05, 0.1) is 12.7 Å². The normalized spacial score (nSPS) is 11.0. The summed E-state index contributed by atoms with van der Waals surface area (Å²) in [4.78, 5) is 15.4. The second-order valence-corrected chi connectivity index (χ2v) is 4.24. The number of anilines is 1. The molecule has 3 aromatic heterocycles. The Hall–Kier alpha value is -2.64. The average Bonchev–Trinajstić information content (AvgIpc) is 2.97. The number of aryl methyl sites for hydroxylation is 1. The SMILES string of the molecule is Cc1cnn(CCNc2cc3n[nH]c(=O)n3cn2)c1. The van der Waals surface area contributed by atoms with Gasteiger partial charge in [-0.25, -0.2) is 19.3 Å². The first-order valence-electron chi connectivity index (χ1n) is 5.88. The lowest BCUT2D eigenvalue weighted by Gasteiger charge is -2.05. The minimum atomic E-state index is -0.291. The van der Waals surface area contributed by atoms with E-state index in [1.54, 1.807) is 6.07 Å². The molecule has 0 bridgehead atoms. The van der Waals surface area contributed by atoms with Gasteiger partial charge in [0.25, 0.3) is 0 Å². The lowest BCUT2D eigenvalue weighted by molar-refractivity contribution is 0.636. The molecule has 0 aromatic carbocycles. The minimum absolute atomic E-state index is 0.291. The Morgan fingerprint density at radius 2 is 2.37 bits per heavy atom. The maximum absolute atomic E-state index is 11.3. The van der Waals surface area contributed by atoms with E-state index in [-0.39, 0.29) is 5.69 Å². The number of rotatable bonds is 4. The molecule has 0 unspecified atom stereocenters. The molecule has 0 atom stereocenters. The van der Waals surface area contributed by atoms with Crippen LogP contribution in [-0.2, 0) is 6.54 Å². The molecule has 3 rings (SSSR count). The van der Waals surface area contributed by atoms with Crippen molar-refractivity contribution in [1.29, 1.82) is 0 Å². The van der Waals surface area contributed by atoms with Crippen molar-refractivity contribution in [2.45, 2.75) is 13.5 Å². The summed E-state index contributed by atoms with van der Waals surface area (Å²) in [5.41, 5.74) is 1.38. The van der Waals surface area contributed by atoms with E-state index in [1.165, 1.54) is 10.7 Å². The van der Waals surface area contributed by atoms with Crippen LogP contribution in [0.5, 0.6) is 0 Å². The van der Waals surface area contributed by atoms with Gasteiger partial charge in [-0.1, -0.05) is 0 Å². The van der Waals surface area contributed by atoms with Gasteiger partial charge in [-0.15, -0.1) is 0 Å². The molecule has 2 N–H and O–H groups in total. The number of fused-ring (bicyclic) bond motifs is 1. The van der Waals surface area contributed by atoms with Crippen molar-refractivity contribution in [1.82, 2.24) is 29.4 Å². The molecule has 0 fully saturated rings. The molecule has 0 amide bonds. The van der Waals surface area contributed by atoms with E-state index in [2.05, 4.69) is 25.6 Å². The van der Waals surface area contributed by atoms with Gasteiger partial charge in [0.15, 0.2) is 5.65 Å². The Morgan fingerprint density at radius 3 is 3.16 bits per heavy atom. The van der Waals surface area contributed by atoms with Crippen molar-refractivity contribution in [3.05, 3.63) is 40.8 Å². The van der Waals surface area contributed by atoms with Gasteiger partial charge >= 0.3 is 5.69 Å². The van der Waals surface area contributed by atoms with E-state index < -0.39 is 0 Å². The Labute approximate surface area is 108 Å². The zero-order valence-electron chi connectivity index (χ0n) is 10.4. The van der Waals surface area contributed by atoms with Gasteiger partial charge in [-0.2, -0.15) is 10.2 Å². The highest BCUT2D eigenvalue weighted by Crippen LogP contribution is 2.04.